The van der Waals surface area contributed by atoms with Crippen LogP contribution in [0.4, 0.5) is 11.6 Å². The Morgan fingerprint density at radius 2 is 1.93 bits per heavy atom. The van der Waals surface area contributed by atoms with Gasteiger partial charge in [-0.05, 0) is 63.5 Å². The summed E-state index contributed by atoms with van der Waals surface area (Å²) in [6.45, 7) is 4.20. The first-order chi connectivity index (χ1) is 13.6. The minimum atomic E-state index is 0.596. The van der Waals surface area contributed by atoms with Crippen molar-refractivity contribution in [3.63, 3.8) is 0 Å². The molecule has 146 valence electrons. The molecule has 4 rings (SSSR count). The number of aromatic amines is 1. The number of methoxy groups -OCH3 is 1. The molecule has 0 radical (unpaired) electrons. The molecule has 1 fully saturated rings. The van der Waals surface area contributed by atoms with Gasteiger partial charge in [0.15, 0.2) is 5.82 Å². The van der Waals surface area contributed by atoms with Gasteiger partial charge in [0.2, 0.25) is 0 Å². The van der Waals surface area contributed by atoms with Crippen molar-refractivity contribution in [3.05, 3.63) is 47.9 Å². The van der Waals surface area contributed by atoms with E-state index in [0.717, 1.165) is 35.8 Å². The summed E-state index contributed by atoms with van der Waals surface area (Å²) >= 11 is 0. The first-order valence-corrected chi connectivity index (χ1v) is 9.60. The van der Waals surface area contributed by atoms with Gasteiger partial charge in [0.05, 0.1) is 30.9 Å². The number of hydrogen-bond acceptors (Lipinski definition) is 6. The summed E-state index contributed by atoms with van der Waals surface area (Å²) < 4.78 is 5.69. The van der Waals surface area contributed by atoms with Crippen molar-refractivity contribution < 1.29 is 4.74 Å². The van der Waals surface area contributed by atoms with Crippen LogP contribution in [0.15, 0.2) is 36.7 Å². The topological polar surface area (TPSA) is 79.0 Å². The summed E-state index contributed by atoms with van der Waals surface area (Å²) in [6, 6.07) is 8.46. The van der Waals surface area contributed by atoms with Crippen molar-refractivity contribution in [1.29, 1.82) is 0 Å². The first kappa shape index (κ1) is 18.4. The maximum absolute atomic E-state index is 5.69. The predicted octanol–water partition coefficient (Wildman–Crippen LogP) is 3.74. The number of hydrogen-bond donors (Lipinski definition) is 2. The van der Waals surface area contributed by atoms with Crippen LogP contribution in [0.5, 0.6) is 5.75 Å². The largest absolute Gasteiger partial charge is 0.496 e. The van der Waals surface area contributed by atoms with Crippen LogP contribution in [-0.2, 0) is 0 Å². The number of aryl methyl sites for hydroxylation is 1. The molecule has 3 heterocycles. The van der Waals surface area contributed by atoms with Crippen LogP contribution in [0.1, 0.15) is 30.0 Å². The average Bonchev–Trinajstić information content (AvgIpc) is 3.18. The lowest BCUT2D eigenvalue weighted by molar-refractivity contribution is 0.255. The molecule has 7 nitrogen and oxygen atoms in total. The van der Waals surface area contributed by atoms with Gasteiger partial charge >= 0.3 is 0 Å². The monoisotopic (exact) mass is 378 g/mol. The fourth-order valence-electron chi connectivity index (χ4n) is 3.64. The van der Waals surface area contributed by atoms with Gasteiger partial charge in [-0.2, -0.15) is 5.10 Å². The minimum absolute atomic E-state index is 0.596. The maximum atomic E-state index is 5.69. The Labute approximate surface area is 165 Å². The first-order valence-electron chi connectivity index (χ1n) is 9.60. The van der Waals surface area contributed by atoms with Crippen molar-refractivity contribution >= 4 is 11.6 Å². The van der Waals surface area contributed by atoms with Crippen molar-refractivity contribution in [2.75, 3.05) is 32.6 Å². The highest BCUT2D eigenvalue weighted by atomic mass is 16.5. The SMILES string of the molecule is COc1cc(C2CCN(C)CC2)ccc1-c1cc(Nc2cnc(C)cn2)n[nH]1. The number of ether oxygens (including phenoxy) is 1. The summed E-state index contributed by atoms with van der Waals surface area (Å²) in [5, 5.41) is 10.6. The lowest BCUT2D eigenvalue weighted by Gasteiger charge is -2.29. The van der Waals surface area contributed by atoms with Crippen LogP contribution in [0.3, 0.4) is 0 Å². The van der Waals surface area contributed by atoms with E-state index in [1.807, 2.05) is 13.0 Å². The van der Waals surface area contributed by atoms with Gasteiger partial charge in [-0.3, -0.25) is 10.1 Å². The number of benzene rings is 1. The molecule has 1 aromatic carbocycles. The van der Waals surface area contributed by atoms with E-state index in [9.17, 15) is 0 Å². The Bertz CT molecular complexity index is 928. The summed E-state index contributed by atoms with van der Waals surface area (Å²) in [4.78, 5) is 10.9. The highest BCUT2D eigenvalue weighted by Crippen LogP contribution is 2.35. The lowest BCUT2D eigenvalue weighted by atomic mass is 9.88. The lowest BCUT2D eigenvalue weighted by Crippen LogP contribution is -2.29. The second-order valence-electron chi connectivity index (χ2n) is 7.37. The highest BCUT2D eigenvalue weighted by molar-refractivity contribution is 5.71. The zero-order valence-electron chi connectivity index (χ0n) is 16.6. The quantitative estimate of drug-likeness (QED) is 0.704. The standard InChI is InChI=1S/C21H26N6O/c1-14-12-23-21(13-22-14)24-20-11-18(25-26-20)17-5-4-16(10-19(17)28-3)15-6-8-27(2)9-7-15/h4-5,10-13,15H,6-9H2,1-3H3,(H2,23,24,25,26). The zero-order valence-corrected chi connectivity index (χ0v) is 16.6. The molecule has 1 aliphatic heterocycles. The van der Waals surface area contributed by atoms with Gasteiger partial charge in [-0.15, -0.1) is 0 Å². The fourth-order valence-corrected chi connectivity index (χ4v) is 3.64. The number of rotatable bonds is 5. The van der Waals surface area contributed by atoms with Crippen molar-refractivity contribution in [1.82, 2.24) is 25.1 Å². The Morgan fingerprint density at radius 1 is 1.11 bits per heavy atom. The second kappa shape index (κ2) is 7.98. The van der Waals surface area contributed by atoms with Crippen molar-refractivity contribution in [2.45, 2.75) is 25.7 Å². The van der Waals surface area contributed by atoms with Crippen molar-refractivity contribution in [2.24, 2.45) is 0 Å². The normalized spacial score (nSPS) is 15.5. The van der Waals surface area contributed by atoms with Gasteiger partial charge in [-0.25, -0.2) is 4.98 Å². The van der Waals surface area contributed by atoms with Gasteiger partial charge in [-0.1, -0.05) is 6.07 Å². The Kier molecular flexibility index (Phi) is 5.25. The molecule has 0 amide bonds. The van der Waals surface area contributed by atoms with E-state index in [0.29, 0.717) is 17.6 Å². The Morgan fingerprint density at radius 3 is 2.64 bits per heavy atom. The second-order valence-corrected chi connectivity index (χ2v) is 7.37. The Balaban J connectivity index is 1.54. The molecular weight excluding hydrogens is 352 g/mol. The molecule has 0 bridgehead atoms. The number of nitrogens with one attached hydrogen (secondary N) is 2. The molecule has 0 saturated carbocycles. The molecule has 0 spiro atoms. The van der Waals surface area contributed by atoms with Crippen LogP contribution >= 0.6 is 0 Å². The summed E-state index contributed by atoms with van der Waals surface area (Å²) in [7, 11) is 3.90. The third-order valence-corrected chi connectivity index (χ3v) is 5.32. The molecular formula is C21H26N6O. The fraction of sp³-hybridized carbons (Fsp3) is 0.381. The van der Waals surface area contributed by atoms with Gasteiger partial charge in [0.1, 0.15) is 11.6 Å². The van der Waals surface area contributed by atoms with Crippen LogP contribution < -0.4 is 10.1 Å². The molecule has 1 aliphatic rings. The van der Waals surface area contributed by atoms with Gasteiger partial charge in [0, 0.05) is 11.6 Å². The molecule has 2 N–H and O–H groups in total. The van der Waals surface area contributed by atoms with Crippen molar-refractivity contribution in [3.8, 4) is 17.0 Å². The maximum Gasteiger partial charge on any atom is 0.153 e. The van der Waals surface area contributed by atoms with E-state index in [-0.39, 0.29) is 0 Å². The third-order valence-electron chi connectivity index (χ3n) is 5.32. The van der Waals surface area contributed by atoms with Crippen LogP contribution in [0, 0.1) is 6.92 Å². The van der Waals surface area contributed by atoms with E-state index >= 15 is 0 Å². The average molecular weight is 378 g/mol. The molecule has 0 unspecified atom stereocenters. The van der Waals surface area contributed by atoms with Crippen LogP contribution in [0.2, 0.25) is 0 Å². The molecule has 2 aromatic heterocycles. The number of aromatic nitrogens is 4. The number of nitrogens with zero attached hydrogens (tertiary/aromatic N) is 4. The molecule has 28 heavy (non-hydrogen) atoms. The zero-order chi connectivity index (χ0) is 19.5. The van der Waals surface area contributed by atoms with E-state index in [4.69, 9.17) is 4.74 Å². The van der Waals surface area contributed by atoms with E-state index in [1.165, 1.54) is 18.4 Å². The molecule has 0 aliphatic carbocycles. The highest BCUT2D eigenvalue weighted by Gasteiger charge is 2.20. The number of H-pyrrole nitrogens is 1. The number of piperidine rings is 1. The summed E-state index contributed by atoms with van der Waals surface area (Å²) in [5.41, 5.74) is 4.12. The third kappa shape index (κ3) is 3.99. The van der Waals surface area contributed by atoms with E-state index < -0.39 is 0 Å². The summed E-state index contributed by atoms with van der Waals surface area (Å²) in [5.74, 6) is 2.81. The minimum Gasteiger partial charge on any atom is -0.496 e. The van der Waals surface area contributed by atoms with Crippen LogP contribution in [-0.4, -0.2) is 52.3 Å². The van der Waals surface area contributed by atoms with E-state index in [2.05, 4.69) is 55.6 Å². The predicted molar refractivity (Wildman–Crippen MR) is 110 cm³/mol. The molecule has 3 aromatic rings. The molecule has 7 heteroatoms. The Hall–Kier alpha value is -2.93. The number of likely N-dealkylation sites (tertiary alicyclic amines) is 1. The summed E-state index contributed by atoms with van der Waals surface area (Å²) in [6.07, 6.45) is 5.80. The smallest absolute Gasteiger partial charge is 0.153 e. The molecule has 0 atom stereocenters. The number of anilines is 2. The molecule has 1 saturated heterocycles. The van der Waals surface area contributed by atoms with E-state index in [1.54, 1.807) is 19.5 Å². The van der Waals surface area contributed by atoms with Crippen LogP contribution in [0.25, 0.3) is 11.3 Å². The van der Waals surface area contributed by atoms with Gasteiger partial charge < -0.3 is 15.0 Å². The van der Waals surface area contributed by atoms with Gasteiger partial charge in [0.25, 0.3) is 0 Å².